The lowest BCUT2D eigenvalue weighted by atomic mass is 9.85. The van der Waals surface area contributed by atoms with Crippen LogP contribution in [0.25, 0.3) is 0 Å². The predicted octanol–water partition coefficient (Wildman–Crippen LogP) is 2.90. The van der Waals surface area contributed by atoms with Crippen LogP contribution in [0.15, 0.2) is 24.3 Å². The Bertz CT molecular complexity index is 461. The molecule has 2 atom stereocenters. The number of aliphatic hydroxyl groups excluding tert-OH is 1. The van der Waals surface area contributed by atoms with E-state index in [1.807, 2.05) is 31.2 Å². The molecule has 2 rings (SSSR count). The first kappa shape index (κ1) is 16.8. The van der Waals surface area contributed by atoms with Gasteiger partial charge in [-0.15, -0.1) is 0 Å². The molecule has 2 amide bonds. The van der Waals surface area contributed by atoms with Crippen molar-refractivity contribution >= 4 is 11.7 Å². The zero-order valence-corrected chi connectivity index (χ0v) is 13.2. The van der Waals surface area contributed by atoms with E-state index in [-0.39, 0.29) is 24.6 Å². The fraction of sp³-hybridized carbons (Fsp3) is 0.588. The number of anilines is 1. The molecule has 5 nitrogen and oxygen atoms in total. The Morgan fingerprint density at radius 1 is 1.27 bits per heavy atom. The van der Waals surface area contributed by atoms with E-state index in [4.69, 9.17) is 4.74 Å². The summed E-state index contributed by atoms with van der Waals surface area (Å²) in [7, 11) is 0. The fourth-order valence-electron chi connectivity index (χ4n) is 2.86. The lowest BCUT2D eigenvalue weighted by Gasteiger charge is -2.30. The Morgan fingerprint density at radius 2 is 2.00 bits per heavy atom. The number of carbonyl (C=O) groups is 1. The van der Waals surface area contributed by atoms with E-state index in [0.29, 0.717) is 13.2 Å². The topological polar surface area (TPSA) is 70.6 Å². The second kappa shape index (κ2) is 8.76. The van der Waals surface area contributed by atoms with Crippen LogP contribution in [-0.2, 0) is 11.3 Å². The molecule has 1 fully saturated rings. The van der Waals surface area contributed by atoms with Gasteiger partial charge in [-0.1, -0.05) is 25.0 Å². The molecule has 0 spiro atoms. The van der Waals surface area contributed by atoms with Gasteiger partial charge in [0.2, 0.25) is 0 Å². The van der Waals surface area contributed by atoms with Crippen molar-refractivity contribution in [1.82, 2.24) is 5.32 Å². The van der Waals surface area contributed by atoms with E-state index < -0.39 is 0 Å². The van der Waals surface area contributed by atoms with Crippen molar-refractivity contribution in [3.05, 3.63) is 29.8 Å². The summed E-state index contributed by atoms with van der Waals surface area (Å²) in [5.41, 5.74) is 1.84. The highest BCUT2D eigenvalue weighted by Gasteiger charge is 2.25. The van der Waals surface area contributed by atoms with Crippen molar-refractivity contribution in [3.63, 3.8) is 0 Å². The number of amides is 2. The summed E-state index contributed by atoms with van der Waals surface area (Å²) in [6.45, 7) is 3.38. The van der Waals surface area contributed by atoms with E-state index >= 15 is 0 Å². The fourth-order valence-corrected chi connectivity index (χ4v) is 2.86. The summed E-state index contributed by atoms with van der Waals surface area (Å²) in [6, 6.07) is 7.50. The first-order valence-electron chi connectivity index (χ1n) is 8.08. The molecular formula is C17H26N2O3. The summed E-state index contributed by atoms with van der Waals surface area (Å²) in [6.07, 6.45) is 4.15. The van der Waals surface area contributed by atoms with Crippen LogP contribution in [0.3, 0.4) is 0 Å². The van der Waals surface area contributed by atoms with Crippen molar-refractivity contribution in [1.29, 1.82) is 0 Å². The van der Waals surface area contributed by atoms with Crippen LogP contribution in [0.1, 0.15) is 38.2 Å². The third kappa shape index (κ3) is 5.00. The number of aliphatic hydroxyl groups is 1. The van der Waals surface area contributed by atoms with Crippen LogP contribution in [0.2, 0.25) is 0 Å². The van der Waals surface area contributed by atoms with Crippen molar-refractivity contribution in [3.8, 4) is 0 Å². The van der Waals surface area contributed by atoms with Crippen LogP contribution in [-0.4, -0.2) is 30.4 Å². The zero-order chi connectivity index (χ0) is 15.8. The normalized spacial score (nSPS) is 21.4. The quantitative estimate of drug-likeness (QED) is 0.757. The number of benzene rings is 1. The second-order valence-electron chi connectivity index (χ2n) is 5.77. The molecule has 0 radical (unpaired) electrons. The van der Waals surface area contributed by atoms with Gasteiger partial charge in [0.1, 0.15) is 0 Å². The average molecular weight is 306 g/mol. The Hall–Kier alpha value is -1.59. The maximum absolute atomic E-state index is 12.1. The Morgan fingerprint density at radius 3 is 2.68 bits per heavy atom. The predicted molar refractivity (Wildman–Crippen MR) is 86.8 cm³/mol. The SMILES string of the molecule is CCOCc1ccc(NC(=O)N[C@H]2CCCC[C@H]2CO)cc1. The van der Waals surface area contributed by atoms with Crippen LogP contribution in [0.4, 0.5) is 10.5 Å². The molecule has 1 aromatic carbocycles. The van der Waals surface area contributed by atoms with Gasteiger partial charge < -0.3 is 20.5 Å². The van der Waals surface area contributed by atoms with Crippen molar-refractivity contribution in [2.75, 3.05) is 18.5 Å². The van der Waals surface area contributed by atoms with E-state index in [1.54, 1.807) is 0 Å². The highest BCUT2D eigenvalue weighted by atomic mass is 16.5. The standard InChI is InChI=1S/C17H26N2O3/c1-2-22-12-13-7-9-15(10-8-13)18-17(21)19-16-6-4-3-5-14(16)11-20/h7-10,14,16,20H,2-6,11-12H2,1H3,(H2,18,19,21)/t14-,16-/m0/s1. The van der Waals surface area contributed by atoms with Gasteiger partial charge in [-0.3, -0.25) is 0 Å². The molecule has 3 N–H and O–H groups in total. The molecule has 122 valence electrons. The Kier molecular flexibility index (Phi) is 6.68. The first-order chi connectivity index (χ1) is 10.7. The summed E-state index contributed by atoms with van der Waals surface area (Å²) < 4.78 is 5.34. The molecule has 0 aliphatic heterocycles. The molecule has 0 aromatic heterocycles. The van der Waals surface area contributed by atoms with Crippen molar-refractivity contribution in [2.45, 2.75) is 45.3 Å². The van der Waals surface area contributed by atoms with E-state index in [0.717, 1.165) is 36.9 Å². The van der Waals surface area contributed by atoms with Crippen molar-refractivity contribution in [2.24, 2.45) is 5.92 Å². The summed E-state index contributed by atoms with van der Waals surface area (Å²) >= 11 is 0. The number of ether oxygens (including phenoxy) is 1. The van der Waals surface area contributed by atoms with Gasteiger partial charge in [-0.25, -0.2) is 4.79 Å². The lowest BCUT2D eigenvalue weighted by molar-refractivity contribution is 0.134. The third-order valence-electron chi connectivity index (χ3n) is 4.14. The van der Waals surface area contributed by atoms with Crippen LogP contribution < -0.4 is 10.6 Å². The molecule has 5 heteroatoms. The van der Waals surface area contributed by atoms with Crippen molar-refractivity contribution < 1.29 is 14.6 Å². The molecule has 0 unspecified atom stereocenters. The Labute approximate surface area is 132 Å². The highest BCUT2D eigenvalue weighted by Crippen LogP contribution is 2.24. The Balaban J connectivity index is 1.83. The molecule has 1 aliphatic carbocycles. The van der Waals surface area contributed by atoms with Crippen LogP contribution in [0, 0.1) is 5.92 Å². The minimum atomic E-state index is -0.206. The average Bonchev–Trinajstić information content (AvgIpc) is 2.54. The van der Waals surface area contributed by atoms with Gasteiger partial charge in [0.05, 0.1) is 6.61 Å². The van der Waals surface area contributed by atoms with Gasteiger partial charge in [0.25, 0.3) is 0 Å². The monoisotopic (exact) mass is 306 g/mol. The van der Waals surface area contributed by atoms with Gasteiger partial charge in [0, 0.05) is 30.9 Å². The van der Waals surface area contributed by atoms with Gasteiger partial charge >= 0.3 is 6.03 Å². The summed E-state index contributed by atoms with van der Waals surface area (Å²) in [4.78, 5) is 12.1. The van der Waals surface area contributed by atoms with Gasteiger partial charge in [-0.05, 0) is 37.5 Å². The minimum Gasteiger partial charge on any atom is -0.396 e. The molecule has 1 aromatic rings. The molecule has 22 heavy (non-hydrogen) atoms. The van der Waals surface area contributed by atoms with E-state index in [2.05, 4.69) is 10.6 Å². The van der Waals surface area contributed by atoms with E-state index in [9.17, 15) is 9.90 Å². The summed E-state index contributed by atoms with van der Waals surface area (Å²) in [5.74, 6) is 0.174. The van der Waals surface area contributed by atoms with Crippen LogP contribution in [0.5, 0.6) is 0 Å². The molecule has 1 saturated carbocycles. The highest BCUT2D eigenvalue weighted by molar-refractivity contribution is 5.89. The molecule has 0 heterocycles. The van der Waals surface area contributed by atoms with E-state index in [1.165, 1.54) is 0 Å². The number of carbonyl (C=O) groups excluding carboxylic acids is 1. The number of hydrogen-bond acceptors (Lipinski definition) is 3. The number of nitrogens with one attached hydrogen (secondary N) is 2. The molecule has 1 aliphatic rings. The number of hydrogen-bond donors (Lipinski definition) is 3. The smallest absolute Gasteiger partial charge is 0.319 e. The van der Waals surface area contributed by atoms with Gasteiger partial charge in [-0.2, -0.15) is 0 Å². The molecular weight excluding hydrogens is 280 g/mol. The zero-order valence-electron chi connectivity index (χ0n) is 13.2. The number of rotatable bonds is 6. The number of urea groups is 1. The third-order valence-corrected chi connectivity index (χ3v) is 4.14. The lowest BCUT2D eigenvalue weighted by Crippen LogP contribution is -2.45. The minimum absolute atomic E-state index is 0.0657. The summed E-state index contributed by atoms with van der Waals surface area (Å²) in [5, 5.41) is 15.2. The second-order valence-corrected chi connectivity index (χ2v) is 5.77. The largest absolute Gasteiger partial charge is 0.396 e. The molecule has 0 saturated heterocycles. The van der Waals surface area contributed by atoms with Crippen LogP contribution >= 0.6 is 0 Å². The first-order valence-corrected chi connectivity index (χ1v) is 8.08. The van der Waals surface area contributed by atoms with Gasteiger partial charge in [0.15, 0.2) is 0 Å². The maximum atomic E-state index is 12.1. The maximum Gasteiger partial charge on any atom is 0.319 e. The molecule has 0 bridgehead atoms.